The van der Waals surface area contributed by atoms with Gasteiger partial charge in [-0.3, -0.25) is 14.8 Å². The van der Waals surface area contributed by atoms with Crippen molar-refractivity contribution < 1.29 is 9.53 Å². The van der Waals surface area contributed by atoms with Crippen LogP contribution in [0.4, 0.5) is 0 Å². The Morgan fingerprint density at radius 1 is 1.24 bits per heavy atom. The molecular formula is C21H22N6O2. The Bertz CT molecular complexity index is 987. The molecule has 8 heteroatoms. The predicted octanol–water partition coefficient (Wildman–Crippen LogP) is 2.12. The van der Waals surface area contributed by atoms with Crippen LogP contribution in [0.5, 0.6) is 5.75 Å². The number of ether oxygens (including phenoxy) is 1. The van der Waals surface area contributed by atoms with Crippen molar-refractivity contribution in [2.75, 3.05) is 20.3 Å². The first-order valence-electron chi connectivity index (χ1n) is 9.20. The highest BCUT2D eigenvalue weighted by Gasteiger charge is 2.22. The number of hydrogen-bond acceptors (Lipinski definition) is 7. The number of hydrogen-bond donors (Lipinski definition) is 1. The van der Waals surface area contributed by atoms with Gasteiger partial charge in [-0.15, -0.1) is 5.10 Å². The second kappa shape index (κ2) is 7.76. The van der Waals surface area contributed by atoms with E-state index in [9.17, 15) is 4.79 Å². The molecule has 8 nitrogen and oxygen atoms in total. The number of rotatable bonds is 4. The largest absolute Gasteiger partial charge is 0.438 e. The maximum Gasteiger partial charge on any atom is 0.246 e. The third-order valence-electron chi connectivity index (χ3n) is 4.51. The number of nitrogens with one attached hydrogen (secondary N) is 1. The Hall–Kier alpha value is -3.65. The summed E-state index contributed by atoms with van der Waals surface area (Å²) in [5.41, 5.74) is 2.44. The van der Waals surface area contributed by atoms with Gasteiger partial charge in [0, 0.05) is 31.1 Å². The molecule has 3 aliphatic rings. The second-order valence-electron chi connectivity index (χ2n) is 6.86. The summed E-state index contributed by atoms with van der Waals surface area (Å²) in [5.74, 6) is 1.66. The monoisotopic (exact) mass is 390 g/mol. The quantitative estimate of drug-likeness (QED) is 0.853. The first kappa shape index (κ1) is 18.7. The Balaban J connectivity index is 1.38. The van der Waals surface area contributed by atoms with Gasteiger partial charge in [-0.2, -0.15) is 5.01 Å². The Morgan fingerprint density at radius 2 is 2.03 bits per heavy atom. The van der Waals surface area contributed by atoms with Gasteiger partial charge < -0.3 is 10.1 Å². The summed E-state index contributed by atoms with van der Waals surface area (Å²) in [6.45, 7) is 6.56. The number of allylic oxidation sites excluding steroid dienone is 2. The summed E-state index contributed by atoms with van der Waals surface area (Å²) in [4.78, 5) is 16.9. The number of amides is 1. The SMILES string of the molecule is C=C1C=CC(Oc2ccc(C)cc2)=NN1CC(=O)NC1=CC2=NCN(C)N2C=C1. The molecule has 0 unspecified atom stereocenters. The molecule has 1 N–H and O–H groups in total. The van der Waals surface area contributed by atoms with Crippen molar-refractivity contribution in [2.24, 2.45) is 10.1 Å². The van der Waals surface area contributed by atoms with Gasteiger partial charge in [0.2, 0.25) is 11.8 Å². The van der Waals surface area contributed by atoms with Crippen LogP contribution in [0.15, 0.2) is 82.8 Å². The van der Waals surface area contributed by atoms with Gasteiger partial charge >= 0.3 is 0 Å². The van der Waals surface area contributed by atoms with Crippen LogP contribution in [-0.4, -0.2) is 52.9 Å². The van der Waals surface area contributed by atoms with E-state index in [1.165, 1.54) is 5.01 Å². The zero-order chi connectivity index (χ0) is 20.4. The van der Waals surface area contributed by atoms with E-state index in [0.29, 0.717) is 29.7 Å². The van der Waals surface area contributed by atoms with E-state index in [4.69, 9.17) is 4.74 Å². The molecule has 0 aromatic heterocycles. The molecule has 0 spiro atoms. The highest BCUT2D eigenvalue weighted by atomic mass is 16.5. The normalized spacial score (nSPS) is 18.3. The molecule has 4 rings (SSSR count). The van der Waals surface area contributed by atoms with E-state index in [1.54, 1.807) is 12.2 Å². The van der Waals surface area contributed by atoms with E-state index < -0.39 is 0 Å². The summed E-state index contributed by atoms with van der Waals surface area (Å²) in [6.07, 6.45) is 9.03. The Kier molecular flexibility index (Phi) is 5.01. The topological polar surface area (TPSA) is 72.8 Å². The van der Waals surface area contributed by atoms with Crippen LogP contribution >= 0.6 is 0 Å². The smallest absolute Gasteiger partial charge is 0.246 e. The lowest BCUT2D eigenvalue weighted by molar-refractivity contribution is -0.121. The molecule has 0 saturated heterocycles. The molecule has 29 heavy (non-hydrogen) atoms. The molecule has 1 amide bonds. The van der Waals surface area contributed by atoms with E-state index in [1.807, 2.05) is 66.6 Å². The number of amidine groups is 1. The number of carbonyl (C=O) groups is 1. The van der Waals surface area contributed by atoms with Crippen molar-refractivity contribution in [1.29, 1.82) is 0 Å². The van der Waals surface area contributed by atoms with E-state index in [0.717, 1.165) is 11.4 Å². The van der Waals surface area contributed by atoms with E-state index in [2.05, 4.69) is 22.0 Å². The van der Waals surface area contributed by atoms with Gasteiger partial charge in [-0.1, -0.05) is 24.3 Å². The van der Waals surface area contributed by atoms with Crippen LogP contribution in [0.3, 0.4) is 0 Å². The number of carbonyl (C=O) groups excluding carboxylic acids is 1. The van der Waals surface area contributed by atoms with Gasteiger partial charge in [-0.05, 0) is 31.2 Å². The maximum atomic E-state index is 12.5. The van der Waals surface area contributed by atoms with Crippen LogP contribution in [0.1, 0.15) is 5.56 Å². The molecule has 0 radical (unpaired) electrons. The molecular weight excluding hydrogens is 368 g/mol. The third kappa shape index (κ3) is 4.27. The minimum atomic E-state index is -0.212. The fraction of sp³-hybridized carbons (Fsp3) is 0.190. The molecule has 148 valence electrons. The van der Waals surface area contributed by atoms with E-state index in [-0.39, 0.29) is 12.5 Å². The predicted molar refractivity (Wildman–Crippen MR) is 111 cm³/mol. The minimum Gasteiger partial charge on any atom is -0.438 e. The van der Waals surface area contributed by atoms with Crippen molar-refractivity contribution in [1.82, 2.24) is 20.3 Å². The van der Waals surface area contributed by atoms with Gasteiger partial charge in [0.15, 0.2) is 0 Å². The van der Waals surface area contributed by atoms with Crippen LogP contribution in [0, 0.1) is 6.92 Å². The van der Waals surface area contributed by atoms with Crippen molar-refractivity contribution in [2.45, 2.75) is 6.92 Å². The van der Waals surface area contributed by atoms with Crippen LogP contribution in [-0.2, 0) is 4.79 Å². The summed E-state index contributed by atoms with van der Waals surface area (Å²) >= 11 is 0. The lowest BCUT2D eigenvalue weighted by Crippen LogP contribution is -2.38. The van der Waals surface area contributed by atoms with Gasteiger partial charge in [-0.25, -0.2) is 4.99 Å². The number of fused-ring (bicyclic) bond motifs is 1. The van der Waals surface area contributed by atoms with Crippen molar-refractivity contribution in [3.05, 3.63) is 78.3 Å². The molecule has 3 aliphatic heterocycles. The minimum absolute atomic E-state index is 0.0191. The number of hydrazone groups is 1. The molecule has 0 saturated carbocycles. The average molecular weight is 390 g/mol. The molecule has 0 fully saturated rings. The lowest BCUT2D eigenvalue weighted by atomic mass is 10.2. The molecule has 0 bridgehead atoms. The fourth-order valence-electron chi connectivity index (χ4n) is 2.93. The van der Waals surface area contributed by atoms with Crippen LogP contribution < -0.4 is 10.1 Å². The van der Waals surface area contributed by atoms with Crippen molar-refractivity contribution in [3.8, 4) is 5.75 Å². The van der Waals surface area contributed by atoms with Crippen molar-refractivity contribution in [3.63, 3.8) is 0 Å². The average Bonchev–Trinajstić information content (AvgIpc) is 3.06. The van der Waals surface area contributed by atoms with Crippen LogP contribution in [0.25, 0.3) is 0 Å². The molecule has 3 heterocycles. The number of aryl methyl sites for hydroxylation is 1. The second-order valence-corrected chi connectivity index (χ2v) is 6.86. The highest BCUT2D eigenvalue weighted by molar-refractivity contribution is 5.97. The van der Waals surface area contributed by atoms with E-state index >= 15 is 0 Å². The fourth-order valence-corrected chi connectivity index (χ4v) is 2.93. The van der Waals surface area contributed by atoms with Crippen molar-refractivity contribution >= 4 is 17.6 Å². The highest BCUT2D eigenvalue weighted by Crippen LogP contribution is 2.17. The molecule has 1 aromatic carbocycles. The summed E-state index contributed by atoms with van der Waals surface area (Å²) in [5, 5.41) is 12.7. The third-order valence-corrected chi connectivity index (χ3v) is 4.51. The van der Waals surface area contributed by atoms with Crippen LogP contribution in [0.2, 0.25) is 0 Å². The summed E-state index contributed by atoms with van der Waals surface area (Å²) in [6, 6.07) is 7.68. The molecule has 0 atom stereocenters. The Labute approximate surface area is 169 Å². The summed E-state index contributed by atoms with van der Waals surface area (Å²) < 4.78 is 5.78. The summed E-state index contributed by atoms with van der Waals surface area (Å²) in [7, 11) is 1.95. The molecule has 0 aliphatic carbocycles. The first-order valence-corrected chi connectivity index (χ1v) is 9.20. The maximum absolute atomic E-state index is 12.5. The zero-order valence-corrected chi connectivity index (χ0v) is 16.4. The first-order chi connectivity index (χ1) is 14.0. The zero-order valence-electron chi connectivity index (χ0n) is 16.4. The molecule has 1 aromatic rings. The lowest BCUT2D eigenvalue weighted by Gasteiger charge is -2.26. The standard InChI is InChI=1S/C21H22N6O2/c1-15-4-7-18(8-5-15)29-21-9-6-16(2)26(24-21)13-20(28)23-17-10-11-27-19(12-17)22-14-25(27)3/h4-12H,2,13-14H2,1,3H3,(H,23,28). The number of aliphatic imine (C=N–C) groups is 1. The number of nitrogens with zero attached hydrogens (tertiary/aromatic N) is 5. The van der Waals surface area contributed by atoms with Gasteiger partial charge in [0.05, 0.1) is 5.70 Å². The van der Waals surface area contributed by atoms with Gasteiger partial charge in [0.1, 0.15) is 24.8 Å². The van der Waals surface area contributed by atoms with Gasteiger partial charge in [0.25, 0.3) is 0 Å². The number of benzene rings is 1. The number of hydrazine groups is 1. The Morgan fingerprint density at radius 3 is 2.83 bits per heavy atom.